The molecule has 0 bridgehead atoms. The van der Waals surface area contributed by atoms with Gasteiger partial charge < -0.3 is 9.88 Å². The minimum atomic E-state index is -0.301. The van der Waals surface area contributed by atoms with Gasteiger partial charge in [-0.1, -0.05) is 48.0 Å². The van der Waals surface area contributed by atoms with Crippen molar-refractivity contribution in [1.82, 2.24) is 19.9 Å². The highest BCUT2D eigenvalue weighted by atomic mass is 35.5. The quantitative estimate of drug-likeness (QED) is 0.540. The van der Waals surface area contributed by atoms with E-state index in [0.29, 0.717) is 17.3 Å². The smallest absolute Gasteiger partial charge is 0.270 e. The average Bonchev–Trinajstić information content (AvgIpc) is 3.09. The van der Waals surface area contributed by atoms with E-state index in [1.807, 2.05) is 55.5 Å². The lowest BCUT2D eigenvalue weighted by molar-refractivity contribution is 0.0932. The van der Waals surface area contributed by atoms with E-state index in [9.17, 15) is 4.79 Å². The maximum atomic E-state index is 12.5. The van der Waals surface area contributed by atoms with E-state index in [4.69, 9.17) is 16.6 Å². The van der Waals surface area contributed by atoms with Gasteiger partial charge in [0.05, 0.1) is 23.6 Å². The maximum absolute atomic E-state index is 12.5. The number of nitrogens with zero attached hydrogens (tertiary/aromatic N) is 3. The summed E-state index contributed by atoms with van der Waals surface area (Å²) in [6.45, 7) is 2.49. The molecule has 2 aromatic heterocycles. The Labute approximate surface area is 168 Å². The number of para-hydroxylation sites is 2. The van der Waals surface area contributed by atoms with Gasteiger partial charge in [0.25, 0.3) is 5.91 Å². The van der Waals surface area contributed by atoms with Gasteiger partial charge in [-0.15, -0.1) is 0 Å². The molecule has 2 aromatic carbocycles. The third kappa shape index (κ3) is 3.62. The van der Waals surface area contributed by atoms with Crippen LogP contribution in [0.3, 0.4) is 0 Å². The second-order valence-corrected chi connectivity index (χ2v) is 6.95. The molecule has 2 heterocycles. The number of carbonyl (C=O) groups excluding carboxylic acids is 1. The summed E-state index contributed by atoms with van der Waals surface area (Å²) in [6.07, 6.45) is 1.60. The lowest BCUT2D eigenvalue weighted by Crippen LogP contribution is -2.29. The first-order valence-corrected chi connectivity index (χ1v) is 9.42. The SMILES string of the molecule is CC(NC(=O)c1ccccn1)c1nc2ccccc2n1Cc1ccccc1Cl. The fourth-order valence-electron chi connectivity index (χ4n) is 3.22. The highest BCUT2D eigenvalue weighted by Crippen LogP contribution is 2.24. The van der Waals surface area contributed by atoms with Crippen molar-refractivity contribution >= 4 is 28.5 Å². The number of pyridine rings is 1. The number of imidazole rings is 1. The average molecular weight is 391 g/mol. The van der Waals surface area contributed by atoms with Gasteiger partial charge in [-0.25, -0.2) is 4.98 Å². The Morgan fingerprint density at radius 1 is 1.07 bits per heavy atom. The van der Waals surface area contributed by atoms with Crippen molar-refractivity contribution in [2.24, 2.45) is 0 Å². The Morgan fingerprint density at radius 3 is 2.61 bits per heavy atom. The van der Waals surface area contributed by atoms with Crippen LogP contribution in [0.1, 0.15) is 34.8 Å². The fraction of sp³-hybridized carbons (Fsp3) is 0.136. The Bertz CT molecular complexity index is 1120. The number of carbonyl (C=O) groups is 1. The summed E-state index contributed by atoms with van der Waals surface area (Å²) in [6, 6.07) is 20.6. The van der Waals surface area contributed by atoms with Gasteiger partial charge in [-0.2, -0.15) is 0 Å². The largest absolute Gasteiger partial charge is 0.341 e. The summed E-state index contributed by atoms with van der Waals surface area (Å²) in [5.74, 6) is 0.537. The molecule has 1 N–H and O–H groups in total. The lowest BCUT2D eigenvalue weighted by Gasteiger charge is -2.17. The van der Waals surface area contributed by atoms with Gasteiger partial charge in [-0.3, -0.25) is 9.78 Å². The van der Waals surface area contributed by atoms with Crippen LogP contribution in [0.25, 0.3) is 11.0 Å². The molecule has 0 fully saturated rings. The first kappa shape index (κ1) is 18.2. The Hall–Kier alpha value is -3.18. The number of fused-ring (bicyclic) bond motifs is 1. The van der Waals surface area contributed by atoms with Gasteiger partial charge in [0.2, 0.25) is 0 Å². The van der Waals surface area contributed by atoms with Crippen LogP contribution in [-0.4, -0.2) is 20.4 Å². The van der Waals surface area contributed by atoms with Crippen LogP contribution in [0.5, 0.6) is 0 Å². The van der Waals surface area contributed by atoms with Gasteiger partial charge >= 0.3 is 0 Å². The zero-order valence-electron chi connectivity index (χ0n) is 15.3. The summed E-state index contributed by atoms with van der Waals surface area (Å²) in [5, 5.41) is 3.70. The number of hydrogen-bond acceptors (Lipinski definition) is 3. The summed E-state index contributed by atoms with van der Waals surface area (Å²) < 4.78 is 2.10. The molecule has 0 aliphatic rings. The summed E-state index contributed by atoms with van der Waals surface area (Å²) in [4.78, 5) is 21.4. The van der Waals surface area contributed by atoms with Crippen molar-refractivity contribution in [3.05, 3.63) is 95.0 Å². The fourth-order valence-corrected chi connectivity index (χ4v) is 3.42. The zero-order chi connectivity index (χ0) is 19.5. The molecule has 0 radical (unpaired) electrons. The molecule has 0 aliphatic heterocycles. The van der Waals surface area contributed by atoms with Crippen molar-refractivity contribution in [3.63, 3.8) is 0 Å². The van der Waals surface area contributed by atoms with E-state index in [-0.39, 0.29) is 11.9 Å². The molecular weight excluding hydrogens is 372 g/mol. The summed E-state index contributed by atoms with van der Waals surface area (Å²) >= 11 is 6.38. The molecule has 5 nitrogen and oxygen atoms in total. The van der Waals surface area contributed by atoms with Crippen LogP contribution in [0.15, 0.2) is 72.9 Å². The van der Waals surface area contributed by atoms with E-state index in [1.54, 1.807) is 24.4 Å². The van der Waals surface area contributed by atoms with E-state index >= 15 is 0 Å². The first-order valence-electron chi connectivity index (χ1n) is 9.04. The minimum Gasteiger partial charge on any atom is -0.341 e. The standard InChI is InChI=1S/C22H19ClN4O/c1-15(25-22(28)19-11-6-7-13-24-19)21-26-18-10-4-5-12-20(18)27(21)14-16-8-2-3-9-17(16)23/h2-13,15H,14H2,1H3,(H,25,28). The van der Waals surface area contributed by atoms with Crippen LogP contribution < -0.4 is 5.32 Å². The van der Waals surface area contributed by atoms with E-state index < -0.39 is 0 Å². The third-order valence-corrected chi connectivity index (χ3v) is 4.97. The number of benzene rings is 2. The molecular formula is C22H19ClN4O. The molecule has 6 heteroatoms. The van der Waals surface area contributed by atoms with Crippen LogP contribution in [0.2, 0.25) is 5.02 Å². The van der Waals surface area contributed by atoms with Gasteiger partial charge in [0.15, 0.2) is 0 Å². The zero-order valence-corrected chi connectivity index (χ0v) is 16.1. The Balaban J connectivity index is 1.70. The summed E-state index contributed by atoms with van der Waals surface area (Å²) in [5.41, 5.74) is 3.25. The first-order chi connectivity index (χ1) is 13.6. The van der Waals surface area contributed by atoms with Crippen LogP contribution in [0, 0.1) is 0 Å². The molecule has 1 unspecified atom stereocenters. The molecule has 1 amide bonds. The van der Waals surface area contributed by atoms with Gasteiger partial charge in [0, 0.05) is 11.2 Å². The van der Waals surface area contributed by atoms with Crippen LogP contribution in [-0.2, 0) is 6.54 Å². The second kappa shape index (κ2) is 7.82. The predicted molar refractivity (Wildman–Crippen MR) is 110 cm³/mol. The van der Waals surface area contributed by atoms with Crippen molar-refractivity contribution in [3.8, 4) is 0 Å². The number of aromatic nitrogens is 3. The van der Waals surface area contributed by atoms with Gasteiger partial charge in [0.1, 0.15) is 11.5 Å². The Kier molecular flexibility index (Phi) is 5.08. The predicted octanol–water partition coefficient (Wildman–Crippen LogP) is 4.62. The second-order valence-electron chi connectivity index (χ2n) is 6.55. The monoisotopic (exact) mass is 390 g/mol. The number of amides is 1. The van der Waals surface area contributed by atoms with E-state index in [1.165, 1.54) is 0 Å². The number of nitrogens with one attached hydrogen (secondary N) is 1. The molecule has 0 spiro atoms. The molecule has 0 saturated heterocycles. The summed E-state index contributed by atoms with van der Waals surface area (Å²) in [7, 11) is 0. The van der Waals surface area contributed by atoms with Crippen molar-refractivity contribution in [1.29, 1.82) is 0 Å². The molecule has 0 aliphatic carbocycles. The van der Waals surface area contributed by atoms with Crippen molar-refractivity contribution < 1.29 is 4.79 Å². The Morgan fingerprint density at radius 2 is 1.82 bits per heavy atom. The highest BCUT2D eigenvalue weighted by molar-refractivity contribution is 6.31. The third-order valence-electron chi connectivity index (χ3n) is 4.60. The van der Waals surface area contributed by atoms with E-state index in [2.05, 4.69) is 14.9 Å². The van der Waals surface area contributed by atoms with Crippen LogP contribution >= 0.6 is 11.6 Å². The molecule has 1 atom stereocenters. The molecule has 0 saturated carbocycles. The molecule has 140 valence electrons. The number of hydrogen-bond donors (Lipinski definition) is 1. The molecule has 4 rings (SSSR count). The maximum Gasteiger partial charge on any atom is 0.270 e. The van der Waals surface area contributed by atoms with Crippen LogP contribution in [0.4, 0.5) is 0 Å². The van der Waals surface area contributed by atoms with Gasteiger partial charge in [-0.05, 0) is 42.8 Å². The normalized spacial score (nSPS) is 12.1. The molecule has 28 heavy (non-hydrogen) atoms. The van der Waals surface area contributed by atoms with E-state index in [0.717, 1.165) is 22.4 Å². The van der Waals surface area contributed by atoms with Crippen molar-refractivity contribution in [2.75, 3.05) is 0 Å². The topological polar surface area (TPSA) is 59.8 Å². The lowest BCUT2D eigenvalue weighted by atomic mass is 10.2. The number of halogens is 1. The number of rotatable bonds is 5. The molecule has 4 aromatic rings. The van der Waals surface area contributed by atoms with Crippen molar-refractivity contribution in [2.45, 2.75) is 19.5 Å². The highest BCUT2D eigenvalue weighted by Gasteiger charge is 2.20. The minimum absolute atomic E-state index is 0.232.